The number of thioether (sulfide) groups is 1. The zero-order valence-corrected chi connectivity index (χ0v) is 25.1. The second-order valence-electron chi connectivity index (χ2n) is 9.53. The van der Waals surface area contributed by atoms with E-state index < -0.39 is 15.4 Å². The van der Waals surface area contributed by atoms with Gasteiger partial charge in [-0.1, -0.05) is 111 Å². The van der Waals surface area contributed by atoms with Crippen LogP contribution in [0, 0.1) is 0 Å². The molecule has 0 fully saturated rings. The Balaban J connectivity index is 2.09. The maximum Gasteiger partial charge on any atom is 0.488 e. The van der Waals surface area contributed by atoms with Crippen LogP contribution in [0.2, 0.25) is 0 Å². The highest BCUT2D eigenvalue weighted by atomic mass is 35.5. The maximum absolute atomic E-state index is 14.0. The number of halogens is 5. The number of pyridine rings is 1. The molecule has 40 heavy (non-hydrogen) atoms. The second kappa shape index (κ2) is 14.5. The van der Waals surface area contributed by atoms with Crippen LogP contribution >= 0.6 is 35.0 Å². The molecule has 0 atom stereocenters. The fourth-order valence-corrected chi connectivity index (χ4v) is 5.71. The van der Waals surface area contributed by atoms with Crippen molar-refractivity contribution in [2.75, 3.05) is 0 Å². The monoisotopic (exact) mass is 607 g/mol. The van der Waals surface area contributed by atoms with Crippen molar-refractivity contribution >= 4 is 35.0 Å². The number of aryl methyl sites for hydroxylation is 1. The van der Waals surface area contributed by atoms with Crippen molar-refractivity contribution in [1.29, 1.82) is 0 Å². The Morgan fingerprint density at radius 3 is 2.20 bits per heavy atom. The Morgan fingerprint density at radius 2 is 1.57 bits per heavy atom. The molecule has 1 aromatic heterocycles. The Morgan fingerprint density at radius 1 is 0.900 bits per heavy atom. The molecule has 2 aromatic carbocycles. The first-order chi connectivity index (χ1) is 19.0. The third-order valence-corrected chi connectivity index (χ3v) is 8.20. The standard InChI is InChI=1S/C32H34Cl2F3NOS/c1-4-7-8-9-10-11-14-23-15-12-16-27(26(23)13-5-2)29-22-38(32(35,36)37)21-28(30(29)39)24-17-19-25(20-18-24)40-31(33,34)6-3/h6,8-9,12,15-22H,3-5,7,10-11,13-14H2,1-2H3. The summed E-state index contributed by atoms with van der Waals surface area (Å²) in [4.78, 5) is 14.5. The molecule has 0 unspecified atom stereocenters. The Hall–Kier alpha value is -2.41. The number of unbranched alkanes of at least 4 members (excludes halogenated alkanes) is 2. The van der Waals surface area contributed by atoms with Gasteiger partial charge in [-0.05, 0) is 72.6 Å². The van der Waals surface area contributed by atoms with Crippen LogP contribution in [0.25, 0.3) is 22.3 Å². The Kier molecular flexibility index (Phi) is 11.6. The lowest BCUT2D eigenvalue weighted by atomic mass is 9.90. The third-order valence-electron chi connectivity index (χ3n) is 6.48. The highest BCUT2D eigenvalue weighted by Crippen LogP contribution is 2.41. The topological polar surface area (TPSA) is 22.0 Å². The highest BCUT2D eigenvalue weighted by Gasteiger charge is 2.31. The third kappa shape index (κ3) is 8.55. The van der Waals surface area contributed by atoms with Gasteiger partial charge < -0.3 is 0 Å². The van der Waals surface area contributed by atoms with Crippen molar-refractivity contribution < 1.29 is 13.2 Å². The van der Waals surface area contributed by atoms with Crippen LogP contribution < -0.4 is 5.43 Å². The van der Waals surface area contributed by atoms with E-state index >= 15 is 0 Å². The van der Waals surface area contributed by atoms with Crippen molar-refractivity contribution in [3.8, 4) is 22.3 Å². The normalized spacial score (nSPS) is 12.3. The molecule has 3 rings (SSSR count). The van der Waals surface area contributed by atoms with Crippen LogP contribution in [0.1, 0.15) is 57.1 Å². The first-order valence-electron chi connectivity index (χ1n) is 13.4. The van der Waals surface area contributed by atoms with Crippen molar-refractivity contribution in [1.82, 2.24) is 4.57 Å². The fourth-order valence-electron chi connectivity index (χ4n) is 4.50. The number of nitrogens with zero attached hydrogens (tertiary/aromatic N) is 1. The van der Waals surface area contributed by atoms with Crippen LogP contribution in [-0.2, 0) is 19.1 Å². The van der Waals surface area contributed by atoms with Crippen molar-refractivity contribution in [2.24, 2.45) is 0 Å². The molecule has 3 aromatic rings. The first-order valence-corrected chi connectivity index (χ1v) is 15.0. The van der Waals surface area contributed by atoms with Gasteiger partial charge in [0.1, 0.15) is 0 Å². The van der Waals surface area contributed by atoms with Crippen LogP contribution in [0.15, 0.2) is 89.4 Å². The summed E-state index contributed by atoms with van der Waals surface area (Å²) < 4.78 is 41.0. The van der Waals surface area contributed by atoms with E-state index in [0.29, 0.717) is 22.4 Å². The summed E-state index contributed by atoms with van der Waals surface area (Å²) in [5, 5.41) is 0. The summed E-state index contributed by atoms with van der Waals surface area (Å²) in [5.74, 6) is 0. The molecule has 1 heterocycles. The minimum atomic E-state index is -4.69. The van der Waals surface area contributed by atoms with Gasteiger partial charge in [0.15, 0.2) is 9.09 Å². The summed E-state index contributed by atoms with van der Waals surface area (Å²) in [6.45, 7) is 7.76. The molecule has 0 amide bonds. The molecule has 214 valence electrons. The summed E-state index contributed by atoms with van der Waals surface area (Å²) in [6.07, 6.45) is 9.10. The summed E-state index contributed by atoms with van der Waals surface area (Å²) in [5.41, 5.74) is 2.48. The minimum Gasteiger partial charge on any atom is -0.288 e. The van der Waals surface area contributed by atoms with Crippen molar-refractivity contribution in [2.45, 2.75) is 73.7 Å². The number of hydrogen-bond acceptors (Lipinski definition) is 2. The van der Waals surface area contributed by atoms with Gasteiger partial charge in [-0.15, -0.1) is 13.2 Å². The van der Waals surface area contributed by atoms with Gasteiger partial charge in [0.2, 0.25) is 0 Å². The van der Waals surface area contributed by atoms with Gasteiger partial charge in [0, 0.05) is 28.4 Å². The van der Waals surface area contributed by atoms with Gasteiger partial charge in [-0.25, -0.2) is 0 Å². The molecule has 0 saturated heterocycles. The van der Waals surface area contributed by atoms with E-state index in [1.807, 2.05) is 19.1 Å². The summed E-state index contributed by atoms with van der Waals surface area (Å²) in [7, 11) is 0. The lowest BCUT2D eigenvalue weighted by molar-refractivity contribution is -0.204. The summed E-state index contributed by atoms with van der Waals surface area (Å²) >= 11 is 13.4. The highest BCUT2D eigenvalue weighted by molar-refractivity contribution is 8.03. The quantitative estimate of drug-likeness (QED) is 0.0834. The number of rotatable bonds is 13. The SMILES string of the molecule is C=CC(Cl)(Cl)Sc1ccc(-c2cn(C(F)(F)F)cc(-c3cccc(CCCC=CCCC)c3CCC)c2=O)cc1. The molecule has 0 bridgehead atoms. The molecule has 8 heteroatoms. The molecule has 0 aliphatic heterocycles. The largest absolute Gasteiger partial charge is 0.488 e. The molecular weight excluding hydrogens is 574 g/mol. The number of aromatic nitrogens is 1. The van der Waals surface area contributed by atoms with Gasteiger partial charge in [-0.2, -0.15) is 0 Å². The number of benzene rings is 2. The number of hydrogen-bond donors (Lipinski definition) is 0. The molecule has 0 saturated carbocycles. The fraction of sp³-hybridized carbons (Fsp3) is 0.344. The molecule has 2 nitrogen and oxygen atoms in total. The van der Waals surface area contributed by atoms with Crippen LogP contribution in [-0.4, -0.2) is 8.23 Å². The van der Waals surface area contributed by atoms with Crippen LogP contribution in [0.4, 0.5) is 13.2 Å². The smallest absolute Gasteiger partial charge is 0.288 e. The van der Waals surface area contributed by atoms with E-state index in [4.69, 9.17) is 23.2 Å². The van der Waals surface area contributed by atoms with Gasteiger partial charge >= 0.3 is 6.30 Å². The van der Waals surface area contributed by atoms with E-state index in [1.165, 1.54) is 6.08 Å². The lowest BCUT2D eigenvalue weighted by Gasteiger charge is -2.19. The molecule has 0 spiro atoms. The van der Waals surface area contributed by atoms with E-state index in [1.54, 1.807) is 30.3 Å². The zero-order valence-electron chi connectivity index (χ0n) is 22.7. The minimum absolute atomic E-state index is 0.0352. The predicted octanol–water partition coefficient (Wildman–Crippen LogP) is 10.7. The second-order valence-corrected chi connectivity index (χ2v) is 12.7. The van der Waals surface area contributed by atoms with Crippen molar-refractivity contribution in [3.63, 3.8) is 0 Å². The molecule has 0 N–H and O–H groups in total. The number of alkyl halides is 5. The number of allylic oxidation sites excluding steroid dienone is 2. The molecular formula is C32H34Cl2F3NOS. The molecule has 0 radical (unpaired) electrons. The van der Waals surface area contributed by atoms with Crippen LogP contribution in [0.5, 0.6) is 0 Å². The summed E-state index contributed by atoms with van der Waals surface area (Å²) in [6, 6.07) is 12.2. The van der Waals surface area contributed by atoms with E-state index in [9.17, 15) is 18.0 Å². The zero-order chi connectivity index (χ0) is 29.3. The van der Waals surface area contributed by atoms with Gasteiger partial charge in [0.25, 0.3) is 0 Å². The van der Waals surface area contributed by atoms with Gasteiger partial charge in [-0.3, -0.25) is 9.36 Å². The average molecular weight is 609 g/mol. The molecule has 0 aliphatic carbocycles. The van der Waals surface area contributed by atoms with Crippen LogP contribution in [0.3, 0.4) is 0 Å². The average Bonchev–Trinajstić information content (AvgIpc) is 2.91. The van der Waals surface area contributed by atoms with E-state index in [0.717, 1.165) is 73.8 Å². The Bertz CT molecular complexity index is 1380. The van der Waals surface area contributed by atoms with E-state index in [2.05, 4.69) is 25.7 Å². The van der Waals surface area contributed by atoms with E-state index in [-0.39, 0.29) is 15.7 Å². The first kappa shape index (κ1) is 32.1. The maximum atomic E-state index is 14.0. The van der Waals surface area contributed by atoms with Gasteiger partial charge in [0.05, 0.1) is 0 Å². The Labute approximate surface area is 248 Å². The lowest BCUT2D eigenvalue weighted by Crippen LogP contribution is -2.22. The predicted molar refractivity (Wildman–Crippen MR) is 164 cm³/mol. The molecule has 0 aliphatic rings. The van der Waals surface area contributed by atoms with Crippen molar-refractivity contribution in [3.05, 3.63) is 101 Å².